The summed E-state index contributed by atoms with van der Waals surface area (Å²) in [5, 5.41) is 9.05. The second kappa shape index (κ2) is 5.08. The third-order valence-electron chi connectivity index (χ3n) is 2.13. The van der Waals surface area contributed by atoms with Crippen molar-refractivity contribution in [2.45, 2.75) is 33.3 Å². The largest absolute Gasteiger partial charge is 0.478 e. The maximum Gasteiger partial charge on any atom is 0.418 e. The summed E-state index contributed by atoms with van der Waals surface area (Å²) in [6.07, 6.45) is 2.33. The number of ether oxygens (including phenoxy) is 1. The van der Waals surface area contributed by atoms with Crippen molar-refractivity contribution in [1.82, 2.24) is 4.57 Å². The van der Waals surface area contributed by atoms with Crippen LogP contribution in [0, 0.1) is 0 Å². The van der Waals surface area contributed by atoms with Gasteiger partial charge in [-0.05, 0) is 39.8 Å². The molecule has 0 aliphatic carbocycles. The van der Waals surface area contributed by atoms with Crippen molar-refractivity contribution in [3.8, 4) is 0 Å². The minimum Gasteiger partial charge on any atom is -0.478 e. The molecule has 0 saturated heterocycles. The molecule has 0 bridgehead atoms. The fraction of sp³-hybridized carbons (Fsp3) is 0.385. The topological polar surface area (TPSA) is 68.5 Å². The molecule has 1 N–H and O–H groups in total. The van der Waals surface area contributed by atoms with Gasteiger partial charge in [0.15, 0.2) is 0 Å². The Labute approximate surface area is 106 Å². The molecule has 0 aliphatic heterocycles. The third-order valence-corrected chi connectivity index (χ3v) is 2.13. The lowest BCUT2D eigenvalue weighted by molar-refractivity contribution is -0.130. The number of carboxylic acid groups (broad SMARTS) is 1. The van der Waals surface area contributed by atoms with Crippen LogP contribution in [0.2, 0.25) is 0 Å². The average molecular weight is 251 g/mol. The Morgan fingerprint density at radius 3 is 2.44 bits per heavy atom. The van der Waals surface area contributed by atoms with Crippen molar-refractivity contribution in [2.75, 3.05) is 0 Å². The molecule has 0 fully saturated rings. The standard InChI is InChI=1S/C13H17NO4/c1-5-9(11(15)16)10-7-6-8-14(10)12(17)18-13(2,3)4/h5-8H,1-4H3,(H,15,16)/b9-5+. The van der Waals surface area contributed by atoms with Gasteiger partial charge >= 0.3 is 12.1 Å². The van der Waals surface area contributed by atoms with Gasteiger partial charge in [0.2, 0.25) is 0 Å². The molecule has 0 unspecified atom stereocenters. The number of carbonyl (C=O) groups excluding carboxylic acids is 1. The lowest BCUT2D eigenvalue weighted by atomic mass is 10.2. The van der Waals surface area contributed by atoms with Crippen LogP contribution in [0.5, 0.6) is 0 Å². The molecule has 1 aromatic heterocycles. The van der Waals surface area contributed by atoms with E-state index in [0.29, 0.717) is 5.69 Å². The monoisotopic (exact) mass is 251 g/mol. The average Bonchev–Trinajstić information content (AvgIpc) is 2.64. The number of aliphatic carboxylic acids is 1. The van der Waals surface area contributed by atoms with Gasteiger partial charge in [0.1, 0.15) is 5.60 Å². The zero-order chi connectivity index (χ0) is 13.9. The van der Waals surface area contributed by atoms with Crippen LogP contribution in [0.25, 0.3) is 5.57 Å². The highest BCUT2D eigenvalue weighted by atomic mass is 16.6. The highest BCUT2D eigenvalue weighted by Gasteiger charge is 2.22. The molecule has 18 heavy (non-hydrogen) atoms. The summed E-state index contributed by atoms with van der Waals surface area (Å²) in [6.45, 7) is 6.86. The normalized spacial score (nSPS) is 12.3. The summed E-state index contributed by atoms with van der Waals surface area (Å²) in [5.41, 5.74) is -0.261. The van der Waals surface area contributed by atoms with Gasteiger partial charge in [-0.15, -0.1) is 0 Å². The molecular weight excluding hydrogens is 234 g/mol. The van der Waals surface area contributed by atoms with E-state index < -0.39 is 17.7 Å². The molecular formula is C13H17NO4. The SMILES string of the molecule is C/C=C(/C(=O)O)c1cccn1C(=O)OC(C)(C)C. The van der Waals surface area contributed by atoms with E-state index in [1.165, 1.54) is 16.8 Å². The first kappa shape index (κ1) is 14.0. The lowest BCUT2D eigenvalue weighted by Crippen LogP contribution is -2.27. The van der Waals surface area contributed by atoms with Crippen LogP contribution in [0.15, 0.2) is 24.4 Å². The van der Waals surface area contributed by atoms with Crippen LogP contribution in [0.4, 0.5) is 4.79 Å². The molecule has 5 nitrogen and oxygen atoms in total. The van der Waals surface area contributed by atoms with Gasteiger partial charge in [-0.1, -0.05) is 6.08 Å². The number of hydrogen-bond donors (Lipinski definition) is 1. The third kappa shape index (κ3) is 3.23. The van der Waals surface area contributed by atoms with E-state index in [1.807, 2.05) is 0 Å². The Bertz CT molecular complexity index is 491. The van der Waals surface area contributed by atoms with Crippen LogP contribution in [-0.2, 0) is 9.53 Å². The molecule has 1 aromatic rings. The summed E-state index contributed by atoms with van der Waals surface area (Å²) in [5.74, 6) is -1.08. The number of allylic oxidation sites excluding steroid dienone is 1. The van der Waals surface area contributed by atoms with E-state index in [4.69, 9.17) is 9.84 Å². The van der Waals surface area contributed by atoms with E-state index in [-0.39, 0.29) is 5.57 Å². The summed E-state index contributed by atoms with van der Waals surface area (Å²) in [7, 11) is 0. The Hall–Kier alpha value is -2.04. The van der Waals surface area contributed by atoms with Crippen molar-refractivity contribution >= 4 is 17.6 Å². The smallest absolute Gasteiger partial charge is 0.418 e. The van der Waals surface area contributed by atoms with Crippen molar-refractivity contribution in [3.05, 3.63) is 30.1 Å². The van der Waals surface area contributed by atoms with Crippen LogP contribution >= 0.6 is 0 Å². The predicted octanol–water partition coefficient (Wildman–Crippen LogP) is 2.76. The van der Waals surface area contributed by atoms with Crippen molar-refractivity contribution in [3.63, 3.8) is 0 Å². The van der Waals surface area contributed by atoms with Gasteiger partial charge in [-0.3, -0.25) is 4.57 Å². The van der Waals surface area contributed by atoms with E-state index in [1.54, 1.807) is 39.8 Å². The molecule has 0 spiro atoms. The van der Waals surface area contributed by atoms with Gasteiger partial charge in [0.25, 0.3) is 0 Å². The molecule has 0 aromatic carbocycles. The highest BCUT2D eigenvalue weighted by molar-refractivity contribution is 6.15. The maximum atomic E-state index is 11.9. The van der Waals surface area contributed by atoms with Crippen LogP contribution in [0.1, 0.15) is 33.4 Å². The Kier molecular flexibility index (Phi) is 3.96. The fourth-order valence-electron chi connectivity index (χ4n) is 1.45. The van der Waals surface area contributed by atoms with Crippen LogP contribution in [0.3, 0.4) is 0 Å². The molecule has 0 amide bonds. The first-order valence-electron chi connectivity index (χ1n) is 5.57. The quantitative estimate of drug-likeness (QED) is 0.820. The molecule has 98 valence electrons. The van der Waals surface area contributed by atoms with Gasteiger partial charge in [-0.25, -0.2) is 9.59 Å². The Morgan fingerprint density at radius 2 is 2.00 bits per heavy atom. The molecule has 0 radical (unpaired) electrons. The van der Waals surface area contributed by atoms with E-state index in [2.05, 4.69) is 0 Å². The lowest BCUT2D eigenvalue weighted by Gasteiger charge is -2.20. The second-order valence-corrected chi connectivity index (χ2v) is 4.75. The van der Waals surface area contributed by atoms with Gasteiger partial charge in [0.05, 0.1) is 11.3 Å². The second-order valence-electron chi connectivity index (χ2n) is 4.75. The minimum absolute atomic E-state index is 0.0610. The molecule has 1 heterocycles. The number of hydrogen-bond acceptors (Lipinski definition) is 3. The fourth-order valence-corrected chi connectivity index (χ4v) is 1.45. The van der Waals surface area contributed by atoms with Crippen molar-refractivity contribution in [2.24, 2.45) is 0 Å². The molecule has 0 saturated carbocycles. The van der Waals surface area contributed by atoms with Gasteiger partial charge in [-0.2, -0.15) is 0 Å². The first-order chi connectivity index (χ1) is 8.26. The van der Waals surface area contributed by atoms with Crippen molar-refractivity contribution < 1.29 is 19.4 Å². The first-order valence-corrected chi connectivity index (χ1v) is 5.57. The highest BCUT2D eigenvalue weighted by Crippen LogP contribution is 2.18. The number of carbonyl (C=O) groups is 2. The Balaban J connectivity index is 3.10. The zero-order valence-corrected chi connectivity index (χ0v) is 10.9. The summed E-state index contributed by atoms with van der Waals surface area (Å²) in [6, 6.07) is 3.17. The minimum atomic E-state index is -1.08. The maximum absolute atomic E-state index is 11.9. The van der Waals surface area contributed by atoms with E-state index in [9.17, 15) is 9.59 Å². The predicted molar refractivity (Wildman–Crippen MR) is 67.4 cm³/mol. The molecule has 0 aliphatic rings. The molecule has 5 heteroatoms. The summed E-state index contributed by atoms with van der Waals surface area (Å²) in [4.78, 5) is 23.0. The van der Waals surface area contributed by atoms with Gasteiger partial charge in [0, 0.05) is 6.20 Å². The zero-order valence-electron chi connectivity index (χ0n) is 10.9. The number of carboxylic acids is 1. The van der Waals surface area contributed by atoms with E-state index >= 15 is 0 Å². The van der Waals surface area contributed by atoms with Crippen molar-refractivity contribution in [1.29, 1.82) is 0 Å². The van der Waals surface area contributed by atoms with Crippen LogP contribution in [-0.4, -0.2) is 27.3 Å². The molecule has 1 rings (SSSR count). The van der Waals surface area contributed by atoms with E-state index in [0.717, 1.165) is 0 Å². The number of rotatable bonds is 2. The molecule has 0 atom stereocenters. The summed E-state index contributed by atoms with van der Waals surface area (Å²) < 4.78 is 6.39. The van der Waals surface area contributed by atoms with Crippen LogP contribution < -0.4 is 0 Å². The number of aromatic nitrogens is 1. The summed E-state index contributed by atoms with van der Waals surface area (Å²) >= 11 is 0. The van der Waals surface area contributed by atoms with Gasteiger partial charge < -0.3 is 9.84 Å². The Morgan fingerprint density at radius 1 is 1.39 bits per heavy atom. The number of nitrogens with zero attached hydrogens (tertiary/aromatic N) is 1.